The number of hydrogen-bond acceptors (Lipinski definition) is 4. The molecule has 2 heterocycles. The number of rotatable bonds is 3. The van der Waals surface area contributed by atoms with Gasteiger partial charge in [-0.2, -0.15) is 0 Å². The normalized spacial score (nSPS) is 15.3. The maximum atomic E-state index is 7.36. The van der Waals surface area contributed by atoms with Crippen molar-refractivity contribution in [1.29, 1.82) is 0 Å². The molecule has 0 saturated carbocycles. The van der Waals surface area contributed by atoms with Crippen molar-refractivity contribution in [3.63, 3.8) is 0 Å². The summed E-state index contributed by atoms with van der Waals surface area (Å²) in [5.41, 5.74) is 1.97. The third kappa shape index (κ3) is 3.35. The second-order valence-electron chi connectivity index (χ2n) is 4.93. The van der Waals surface area contributed by atoms with Crippen molar-refractivity contribution >= 4 is 17.3 Å². The molecular formula is C16H14ClN3O2. The summed E-state index contributed by atoms with van der Waals surface area (Å²) in [7, 11) is 0. The van der Waals surface area contributed by atoms with Gasteiger partial charge in [0.2, 0.25) is 11.0 Å². The van der Waals surface area contributed by atoms with Crippen molar-refractivity contribution in [3.8, 4) is 17.0 Å². The molecule has 1 aliphatic rings. The standard InChI is InChI=1S/C16H14ClN3O2/c1-18-14-10-11(13-4-7-19-16(17)20-13)2-3-15(14)22-12-5-8-21-9-6-12/h2-4,7,10,12H,5-6,8-9H2. The largest absolute Gasteiger partial charge is 0.501 e. The zero-order valence-corrected chi connectivity index (χ0v) is 12.6. The van der Waals surface area contributed by atoms with Crippen LogP contribution in [0.4, 0.5) is 5.69 Å². The Kier molecular flexibility index (Phi) is 4.52. The van der Waals surface area contributed by atoms with E-state index in [1.54, 1.807) is 18.3 Å². The Morgan fingerprint density at radius 1 is 1.27 bits per heavy atom. The van der Waals surface area contributed by atoms with E-state index in [0.29, 0.717) is 30.3 Å². The second-order valence-corrected chi connectivity index (χ2v) is 5.27. The highest BCUT2D eigenvalue weighted by molar-refractivity contribution is 6.28. The summed E-state index contributed by atoms with van der Waals surface area (Å²) in [5, 5.41) is 0.185. The lowest BCUT2D eigenvalue weighted by Crippen LogP contribution is -2.25. The topological polar surface area (TPSA) is 48.6 Å². The summed E-state index contributed by atoms with van der Waals surface area (Å²) >= 11 is 5.81. The summed E-state index contributed by atoms with van der Waals surface area (Å²) in [6.07, 6.45) is 3.39. The minimum atomic E-state index is 0.105. The number of aromatic nitrogens is 2. The molecule has 1 aliphatic heterocycles. The Morgan fingerprint density at radius 3 is 2.82 bits per heavy atom. The summed E-state index contributed by atoms with van der Waals surface area (Å²) < 4.78 is 11.3. The third-order valence-corrected chi connectivity index (χ3v) is 3.65. The van der Waals surface area contributed by atoms with Crippen molar-refractivity contribution in [1.82, 2.24) is 9.97 Å². The molecule has 0 radical (unpaired) electrons. The molecule has 0 atom stereocenters. The SMILES string of the molecule is [C-]#[N+]c1cc(-c2ccnc(Cl)n2)ccc1OC1CCOCC1. The number of benzene rings is 1. The lowest BCUT2D eigenvalue weighted by Gasteiger charge is -2.24. The van der Waals surface area contributed by atoms with Gasteiger partial charge in [-0.1, -0.05) is 6.07 Å². The van der Waals surface area contributed by atoms with Crippen molar-refractivity contribution in [2.45, 2.75) is 18.9 Å². The maximum absolute atomic E-state index is 7.36. The quantitative estimate of drug-likeness (QED) is 0.636. The number of hydrogen-bond donors (Lipinski definition) is 0. The van der Waals surface area contributed by atoms with E-state index in [-0.39, 0.29) is 11.4 Å². The number of ether oxygens (including phenoxy) is 2. The molecule has 0 N–H and O–H groups in total. The van der Waals surface area contributed by atoms with Gasteiger partial charge in [0.25, 0.3) is 0 Å². The molecule has 1 saturated heterocycles. The van der Waals surface area contributed by atoms with E-state index in [1.165, 1.54) is 0 Å². The highest BCUT2D eigenvalue weighted by Crippen LogP contribution is 2.34. The van der Waals surface area contributed by atoms with Gasteiger partial charge < -0.3 is 9.47 Å². The molecular weight excluding hydrogens is 302 g/mol. The molecule has 0 bridgehead atoms. The Bertz CT molecular complexity index is 709. The van der Waals surface area contributed by atoms with E-state index in [4.69, 9.17) is 27.6 Å². The van der Waals surface area contributed by atoms with E-state index in [9.17, 15) is 0 Å². The molecule has 22 heavy (non-hydrogen) atoms. The van der Waals surface area contributed by atoms with E-state index in [2.05, 4.69) is 14.8 Å². The van der Waals surface area contributed by atoms with Gasteiger partial charge in [0, 0.05) is 19.0 Å². The lowest BCUT2D eigenvalue weighted by molar-refractivity contribution is 0.0259. The van der Waals surface area contributed by atoms with E-state index in [1.807, 2.05) is 12.1 Å². The van der Waals surface area contributed by atoms with Crippen LogP contribution < -0.4 is 4.74 Å². The van der Waals surface area contributed by atoms with Gasteiger partial charge in [0.15, 0.2) is 0 Å². The zero-order valence-electron chi connectivity index (χ0n) is 11.8. The molecule has 5 nitrogen and oxygen atoms in total. The molecule has 1 aromatic heterocycles. The van der Waals surface area contributed by atoms with Crippen LogP contribution in [-0.2, 0) is 4.74 Å². The van der Waals surface area contributed by atoms with Crippen molar-refractivity contribution in [2.75, 3.05) is 13.2 Å². The maximum Gasteiger partial charge on any atom is 0.228 e. The second kappa shape index (κ2) is 6.73. The fourth-order valence-electron chi connectivity index (χ4n) is 2.33. The smallest absolute Gasteiger partial charge is 0.228 e. The van der Waals surface area contributed by atoms with Gasteiger partial charge in [-0.25, -0.2) is 14.8 Å². The predicted octanol–water partition coefficient (Wildman–Crippen LogP) is 3.91. The van der Waals surface area contributed by atoms with Crippen LogP contribution in [0, 0.1) is 6.57 Å². The van der Waals surface area contributed by atoms with Crippen LogP contribution in [0.2, 0.25) is 5.28 Å². The van der Waals surface area contributed by atoms with Crippen LogP contribution in [-0.4, -0.2) is 29.3 Å². The fourth-order valence-corrected chi connectivity index (χ4v) is 2.48. The van der Waals surface area contributed by atoms with Crippen LogP contribution in [0.5, 0.6) is 5.75 Å². The Labute approximate surface area is 133 Å². The van der Waals surface area contributed by atoms with Gasteiger partial charge in [0.1, 0.15) is 11.9 Å². The highest BCUT2D eigenvalue weighted by atomic mass is 35.5. The van der Waals surface area contributed by atoms with Crippen LogP contribution >= 0.6 is 11.6 Å². The van der Waals surface area contributed by atoms with Gasteiger partial charge in [-0.05, 0) is 35.4 Å². The Hall–Kier alpha value is -2.16. The van der Waals surface area contributed by atoms with Gasteiger partial charge in [-0.3, -0.25) is 0 Å². The molecule has 0 unspecified atom stereocenters. The molecule has 3 rings (SSSR count). The molecule has 0 spiro atoms. The summed E-state index contributed by atoms with van der Waals surface area (Å²) in [6, 6.07) is 7.21. The first kappa shape index (κ1) is 14.8. The van der Waals surface area contributed by atoms with E-state index in [0.717, 1.165) is 18.4 Å². The molecule has 6 heteroatoms. The third-order valence-electron chi connectivity index (χ3n) is 3.46. The molecule has 112 valence electrons. The van der Waals surface area contributed by atoms with Crippen molar-refractivity contribution in [2.24, 2.45) is 0 Å². The van der Waals surface area contributed by atoms with Gasteiger partial charge in [0.05, 0.1) is 25.5 Å². The summed E-state index contributed by atoms with van der Waals surface area (Å²) in [5.74, 6) is 0.603. The minimum Gasteiger partial charge on any atom is -0.501 e. The van der Waals surface area contributed by atoms with E-state index >= 15 is 0 Å². The molecule has 0 amide bonds. The average Bonchev–Trinajstić information content (AvgIpc) is 2.56. The number of nitrogens with zero attached hydrogens (tertiary/aromatic N) is 3. The molecule has 1 fully saturated rings. The van der Waals surface area contributed by atoms with Crippen LogP contribution in [0.1, 0.15) is 12.8 Å². The number of halogens is 1. The average molecular weight is 316 g/mol. The first-order chi connectivity index (χ1) is 10.8. The molecule has 1 aromatic carbocycles. The first-order valence-corrected chi connectivity index (χ1v) is 7.39. The van der Waals surface area contributed by atoms with E-state index < -0.39 is 0 Å². The lowest BCUT2D eigenvalue weighted by atomic mass is 10.1. The minimum absolute atomic E-state index is 0.105. The monoisotopic (exact) mass is 315 g/mol. The molecule has 2 aromatic rings. The Morgan fingerprint density at radius 2 is 2.09 bits per heavy atom. The highest BCUT2D eigenvalue weighted by Gasteiger charge is 2.17. The van der Waals surface area contributed by atoms with Crippen LogP contribution in [0.15, 0.2) is 30.5 Å². The van der Waals surface area contributed by atoms with Crippen LogP contribution in [0.25, 0.3) is 16.1 Å². The fraction of sp³-hybridized carbons (Fsp3) is 0.312. The summed E-state index contributed by atoms with van der Waals surface area (Å²) in [6.45, 7) is 8.77. The van der Waals surface area contributed by atoms with Gasteiger partial charge >= 0.3 is 0 Å². The van der Waals surface area contributed by atoms with Crippen molar-refractivity contribution < 1.29 is 9.47 Å². The molecule has 0 aliphatic carbocycles. The first-order valence-electron chi connectivity index (χ1n) is 7.01. The summed E-state index contributed by atoms with van der Waals surface area (Å²) in [4.78, 5) is 11.6. The zero-order chi connectivity index (χ0) is 15.4. The van der Waals surface area contributed by atoms with Crippen molar-refractivity contribution in [3.05, 3.63) is 47.2 Å². The van der Waals surface area contributed by atoms with Crippen LogP contribution in [0.3, 0.4) is 0 Å². The van der Waals surface area contributed by atoms with Gasteiger partial charge in [-0.15, -0.1) is 0 Å². The Balaban J connectivity index is 1.86. The predicted molar refractivity (Wildman–Crippen MR) is 83.2 cm³/mol.